The van der Waals surface area contributed by atoms with Crippen LogP contribution in [0, 0.1) is 6.92 Å². The zero-order chi connectivity index (χ0) is 15.6. The van der Waals surface area contributed by atoms with E-state index in [-0.39, 0.29) is 0 Å². The summed E-state index contributed by atoms with van der Waals surface area (Å²) in [6.45, 7) is 6.26. The number of benzene rings is 2. The highest BCUT2D eigenvalue weighted by atomic mass is 79.9. The van der Waals surface area contributed by atoms with E-state index in [4.69, 9.17) is 16.3 Å². The van der Waals surface area contributed by atoms with Gasteiger partial charge in [0.2, 0.25) is 0 Å². The van der Waals surface area contributed by atoms with Crippen molar-refractivity contribution < 1.29 is 4.74 Å². The van der Waals surface area contributed by atoms with Gasteiger partial charge in [-0.25, -0.2) is 0 Å². The fourth-order valence-corrected chi connectivity index (χ4v) is 3.85. The molecule has 0 aliphatic rings. The average molecular weight is 433 g/mol. The first kappa shape index (κ1) is 16.9. The lowest BCUT2D eigenvalue weighted by atomic mass is 10.0. The van der Waals surface area contributed by atoms with Crippen LogP contribution in [-0.2, 0) is 5.33 Å². The van der Waals surface area contributed by atoms with Crippen molar-refractivity contribution in [2.75, 3.05) is 0 Å². The molecule has 0 saturated carbocycles. The molecule has 0 bridgehead atoms. The molecule has 0 radical (unpaired) electrons. The average Bonchev–Trinajstić information content (AvgIpc) is 2.41. The van der Waals surface area contributed by atoms with Crippen LogP contribution < -0.4 is 4.74 Å². The van der Waals surface area contributed by atoms with Gasteiger partial charge in [-0.05, 0) is 53.8 Å². The third kappa shape index (κ3) is 4.02. The molecule has 0 atom stereocenters. The molecule has 0 spiro atoms. The molecule has 21 heavy (non-hydrogen) atoms. The van der Waals surface area contributed by atoms with Crippen LogP contribution in [0.5, 0.6) is 11.5 Å². The Hall–Kier alpha value is -0.510. The van der Waals surface area contributed by atoms with E-state index in [0.29, 0.717) is 5.92 Å². The van der Waals surface area contributed by atoms with E-state index in [2.05, 4.69) is 45.7 Å². The van der Waals surface area contributed by atoms with E-state index in [1.54, 1.807) is 0 Å². The maximum atomic E-state index is 6.30. The second-order valence-corrected chi connectivity index (χ2v) is 7.11. The molecule has 0 unspecified atom stereocenters. The summed E-state index contributed by atoms with van der Waals surface area (Å²) in [7, 11) is 0. The molecule has 0 fully saturated rings. The van der Waals surface area contributed by atoms with Crippen molar-refractivity contribution in [1.29, 1.82) is 0 Å². The predicted molar refractivity (Wildman–Crippen MR) is 97.1 cm³/mol. The summed E-state index contributed by atoms with van der Waals surface area (Å²) in [6.07, 6.45) is 0. The van der Waals surface area contributed by atoms with Gasteiger partial charge in [-0.15, -0.1) is 0 Å². The van der Waals surface area contributed by atoms with E-state index < -0.39 is 0 Å². The van der Waals surface area contributed by atoms with Gasteiger partial charge in [-0.2, -0.15) is 0 Å². The lowest BCUT2D eigenvalue weighted by Crippen LogP contribution is -1.94. The fourth-order valence-electron chi connectivity index (χ4n) is 2.05. The minimum atomic E-state index is 0.364. The third-order valence-electron chi connectivity index (χ3n) is 3.31. The summed E-state index contributed by atoms with van der Waals surface area (Å²) in [5.41, 5.74) is 3.33. The molecule has 2 aromatic carbocycles. The first-order chi connectivity index (χ1) is 9.92. The van der Waals surface area contributed by atoms with E-state index in [9.17, 15) is 0 Å². The molecule has 2 rings (SSSR count). The van der Waals surface area contributed by atoms with Gasteiger partial charge >= 0.3 is 0 Å². The SMILES string of the molecule is Cc1cc(Cl)c(C(C)C)cc1Oc1ccc(CBr)c(Br)c1. The van der Waals surface area contributed by atoms with Gasteiger partial charge in [0.1, 0.15) is 11.5 Å². The van der Waals surface area contributed by atoms with Crippen LogP contribution in [0.1, 0.15) is 36.5 Å². The Bertz CT molecular complexity index is 653. The smallest absolute Gasteiger partial charge is 0.130 e. The maximum Gasteiger partial charge on any atom is 0.130 e. The Morgan fingerprint density at radius 2 is 1.90 bits per heavy atom. The van der Waals surface area contributed by atoms with Gasteiger partial charge < -0.3 is 4.74 Å². The number of hydrogen-bond acceptors (Lipinski definition) is 1. The van der Waals surface area contributed by atoms with Crippen molar-refractivity contribution in [3.8, 4) is 11.5 Å². The molecule has 1 nitrogen and oxygen atoms in total. The van der Waals surface area contributed by atoms with E-state index in [1.807, 2.05) is 37.3 Å². The maximum absolute atomic E-state index is 6.30. The van der Waals surface area contributed by atoms with E-state index >= 15 is 0 Å². The number of ether oxygens (including phenoxy) is 1. The predicted octanol–water partition coefficient (Wildman–Crippen LogP) is 7.22. The van der Waals surface area contributed by atoms with Crippen LogP contribution in [0.15, 0.2) is 34.8 Å². The summed E-state index contributed by atoms with van der Waals surface area (Å²) in [6, 6.07) is 10.0. The Kier molecular flexibility index (Phi) is 5.75. The van der Waals surface area contributed by atoms with E-state index in [1.165, 1.54) is 5.56 Å². The van der Waals surface area contributed by atoms with Gasteiger partial charge in [0.25, 0.3) is 0 Å². The molecule has 0 aliphatic carbocycles. The Balaban J connectivity index is 2.35. The van der Waals surface area contributed by atoms with Crippen molar-refractivity contribution >= 4 is 43.5 Å². The quantitative estimate of drug-likeness (QED) is 0.463. The highest BCUT2D eigenvalue weighted by Gasteiger charge is 2.11. The van der Waals surface area contributed by atoms with Crippen molar-refractivity contribution in [3.63, 3.8) is 0 Å². The first-order valence-corrected chi connectivity index (χ1v) is 9.04. The highest BCUT2D eigenvalue weighted by Crippen LogP contribution is 2.35. The number of hydrogen-bond donors (Lipinski definition) is 0. The Morgan fingerprint density at radius 3 is 2.48 bits per heavy atom. The topological polar surface area (TPSA) is 9.23 Å². The molecular formula is C17H17Br2ClO. The third-order valence-corrected chi connectivity index (χ3v) is 4.98. The Labute approximate surface area is 147 Å². The standard InChI is InChI=1S/C17H17Br2ClO/c1-10(2)14-8-17(11(3)6-16(14)20)21-13-5-4-12(9-18)15(19)7-13/h4-8,10H,9H2,1-3H3. The second kappa shape index (κ2) is 7.17. The van der Waals surface area contributed by atoms with Crippen molar-refractivity contribution in [3.05, 3.63) is 56.5 Å². The lowest BCUT2D eigenvalue weighted by molar-refractivity contribution is 0.477. The Morgan fingerprint density at radius 1 is 1.19 bits per heavy atom. The fraction of sp³-hybridized carbons (Fsp3) is 0.294. The number of aryl methyl sites for hydroxylation is 1. The van der Waals surface area contributed by atoms with Crippen LogP contribution in [0.25, 0.3) is 0 Å². The van der Waals surface area contributed by atoms with Crippen LogP contribution in [-0.4, -0.2) is 0 Å². The normalized spacial score (nSPS) is 11.0. The van der Waals surface area contributed by atoms with Crippen molar-refractivity contribution in [1.82, 2.24) is 0 Å². The summed E-state index contributed by atoms with van der Waals surface area (Å²) >= 11 is 13.3. The largest absolute Gasteiger partial charge is 0.457 e. The molecule has 0 aliphatic heterocycles. The molecule has 112 valence electrons. The molecule has 0 saturated heterocycles. The number of alkyl halides is 1. The monoisotopic (exact) mass is 430 g/mol. The zero-order valence-electron chi connectivity index (χ0n) is 12.2. The van der Waals surface area contributed by atoms with Crippen LogP contribution in [0.3, 0.4) is 0 Å². The highest BCUT2D eigenvalue weighted by molar-refractivity contribution is 9.10. The lowest BCUT2D eigenvalue weighted by Gasteiger charge is -2.15. The summed E-state index contributed by atoms with van der Waals surface area (Å²) in [4.78, 5) is 0. The second-order valence-electron chi connectivity index (χ2n) is 5.28. The van der Waals surface area contributed by atoms with Gasteiger partial charge in [0.15, 0.2) is 0 Å². The molecule has 0 heterocycles. The van der Waals surface area contributed by atoms with E-state index in [0.717, 1.165) is 37.5 Å². The zero-order valence-corrected chi connectivity index (χ0v) is 16.1. The van der Waals surface area contributed by atoms with Crippen molar-refractivity contribution in [2.45, 2.75) is 32.0 Å². The summed E-state index contributed by atoms with van der Waals surface area (Å²) in [5, 5.41) is 1.61. The first-order valence-electron chi connectivity index (χ1n) is 6.74. The molecule has 0 amide bonds. The molecule has 2 aromatic rings. The molecular weight excluding hydrogens is 415 g/mol. The van der Waals surface area contributed by atoms with Crippen LogP contribution in [0.4, 0.5) is 0 Å². The summed E-state index contributed by atoms with van der Waals surface area (Å²) in [5.74, 6) is 2.02. The van der Waals surface area contributed by atoms with Gasteiger partial charge in [0.05, 0.1) is 0 Å². The van der Waals surface area contributed by atoms with Gasteiger partial charge in [0, 0.05) is 14.8 Å². The minimum absolute atomic E-state index is 0.364. The van der Waals surface area contributed by atoms with Crippen LogP contribution >= 0.6 is 43.5 Å². The van der Waals surface area contributed by atoms with Crippen LogP contribution in [0.2, 0.25) is 5.02 Å². The number of halogens is 3. The summed E-state index contributed by atoms with van der Waals surface area (Å²) < 4.78 is 7.07. The molecule has 4 heteroatoms. The molecule has 0 N–H and O–H groups in total. The molecule has 0 aromatic heterocycles. The minimum Gasteiger partial charge on any atom is -0.457 e. The van der Waals surface area contributed by atoms with Gasteiger partial charge in [-0.1, -0.05) is 63.4 Å². The number of rotatable bonds is 4. The van der Waals surface area contributed by atoms with Crippen molar-refractivity contribution in [2.24, 2.45) is 0 Å². The van der Waals surface area contributed by atoms with Gasteiger partial charge in [-0.3, -0.25) is 0 Å².